The standard InChI is InChI=1S/C14H17N3O/c1-3-10-9(2)16-14(17-10)13-8-15-11-6-4-5-7-12(11)18-13/h4-7,13,15H,3,8H2,1-2H3,(H,16,17). The van der Waals surface area contributed by atoms with Gasteiger partial charge in [-0.3, -0.25) is 0 Å². The van der Waals surface area contributed by atoms with Crippen LogP contribution in [0.1, 0.15) is 30.2 Å². The van der Waals surface area contributed by atoms with Crippen molar-refractivity contribution >= 4 is 5.69 Å². The molecule has 0 saturated heterocycles. The predicted molar refractivity (Wildman–Crippen MR) is 71.0 cm³/mol. The summed E-state index contributed by atoms with van der Waals surface area (Å²) in [4.78, 5) is 7.92. The zero-order valence-electron chi connectivity index (χ0n) is 10.7. The number of nitrogens with zero attached hydrogens (tertiary/aromatic N) is 1. The van der Waals surface area contributed by atoms with Gasteiger partial charge in [0.1, 0.15) is 11.6 Å². The number of benzene rings is 1. The third-order valence-corrected chi connectivity index (χ3v) is 3.28. The summed E-state index contributed by atoms with van der Waals surface area (Å²) in [6, 6.07) is 7.98. The molecule has 1 aliphatic rings. The lowest BCUT2D eigenvalue weighted by molar-refractivity contribution is 0.201. The van der Waals surface area contributed by atoms with Crippen molar-refractivity contribution in [2.75, 3.05) is 11.9 Å². The van der Waals surface area contributed by atoms with Crippen LogP contribution in [-0.2, 0) is 6.42 Å². The number of rotatable bonds is 2. The molecule has 1 atom stereocenters. The Labute approximate surface area is 106 Å². The highest BCUT2D eigenvalue weighted by Crippen LogP contribution is 2.33. The maximum atomic E-state index is 5.97. The lowest BCUT2D eigenvalue weighted by Crippen LogP contribution is -2.24. The number of imidazole rings is 1. The molecule has 2 N–H and O–H groups in total. The first-order valence-electron chi connectivity index (χ1n) is 6.33. The molecule has 0 amide bonds. The molecule has 2 heterocycles. The van der Waals surface area contributed by atoms with E-state index in [1.165, 1.54) is 0 Å². The molecule has 1 aliphatic heterocycles. The fourth-order valence-electron chi connectivity index (χ4n) is 2.28. The van der Waals surface area contributed by atoms with Gasteiger partial charge >= 0.3 is 0 Å². The van der Waals surface area contributed by atoms with Gasteiger partial charge in [0, 0.05) is 5.69 Å². The third kappa shape index (κ3) is 1.83. The van der Waals surface area contributed by atoms with E-state index in [9.17, 15) is 0 Å². The number of aromatic nitrogens is 2. The molecule has 1 aromatic heterocycles. The van der Waals surface area contributed by atoms with Crippen LogP contribution >= 0.6 is 0 Å². The number of anilines is 1. The maximum Gasteiger partial charge on any atom is 0.173 e. The van der Waals surface area contributed by atoms with Gasteiger partial charge in [-0.25, -0.2) is 4.98 Å². The van der Waals surface area contributed by atoms with Gasteiger partial charge in [0.15, 0.2) is 6.10 Å². The molecule has 1 aromatic carbocycles. The second kappa shape index (κ2) is 4.37. The van der Waals surface area contributed by atoms with Crippen molar-refractivity contribution in [3.63, 3.8) is 0 Å². The number of aromatic amines is 1. The summed E-state index contributed by atoms with van der Waals surface area (Å²) in [5.74, 6) is 1.80. The van der Waals surface area contributed by atoms with E-state index in [1.54, 1.807) is 0 Å². The second-order valence-electron chi connectivity index (χ2n) is 4.53. The van der Waals surface area contributed by atoms with E-state index in [0.29, 0.717) is 0 Å². The Morgan fingerprint density at radius 3 is 3.00 bits per heavy atom. The van der Waals surface area contributed by atoms with E-state index in [0.717, 1.165) is 41.6 Å². The van der Waals surface area contributed by atoms with Crippen LogP contribution in [0.5, 0.6) is 5.75 Å². The SMILES string of the molecule is CCc1nc(C2CNc3ccccc3O2)[nH]c1C. The average Bonchev–Trinajstić information content (AvgIpc) is 2.79. The molecular formula is C14H17N3O. The summed E-state index contributed by atoms with van der Waals surface area (Å²) >= 11 is 0. The molecule has 0 bridgehead atoms. The quantitative estimate of drug-likeness (QED) is 0.852. The van der Waals surface area contributed by atoms with Crippen molar-refractivity contribution in [2.45, 2.75) is 26.4 Å². The van der Waals surface area contributed by atoms with Gasteiger partial charge < -0.3 is 15.0 Å². The number of fused-ring (bicyclic) bond motifs is 1. The maximum absolute atomic E-state index is 5.97. The second-order valence-corrected chi connectivity index (χ2v) is 4.53. The Morgan fingerprint density at radius 1 is 1.39 bits per heavy atom. The summed E-state index contributed by atoms with van der Waals surface area (Å²) in [6.45, 7) is 4.91. The van der Waals surface area contributed by atoms with Crippen LogP contribution in [0.25, 0.3) is 0 Å². The lowest BCUT2D eigenvalue weighted by Gasteiger charge is -2.25. The van der Waals surface area contributed by atoms with Gasteiger partial charge in [-0.15, -0.1) is 0 Å². The summed E-state index contributed by atoms with van der Waals surface area (Å²) in [7, 11) is 0. The fourth-order valence-corrected chi connectivity index (χ4v) is 2.28. The van der Waals surface area contributed by atoms with Crippen LogP contribution in [0.4, 0.5) is 5.69 Å². The van der Waals surface area contributed by atoms with E-state index < -0.39 is 0 Å². The monoisotopic (exact) mass is 243 g/mol. The Hall–Kier alpha value is -1.97. The molecule has 2 aromatic rings. The molecule has 94 valence electrons. The molecule has 0 fully saturated rings. The highest BCUT2D eigenvalue weighted by atomic mass is 16.5. The highest BCUT2D eigenvalue weighted by Gasteiger charge is 2.23. The Balaban J connectivity index is 1.87. The minimum Gasteiger partial charge on any atom is -0.478 e. The summed E-state index contributed by atoms with van der Waals surface area (Å²) in [6.07, 6.45) is 0.901. The number of ether oxygens (including phenoxy) is 1. The molecule has 1 unspecified atom stereocenters. The van der Waals surface area contributed by atoms with Crippen LogP contribution in [0.3, 0.4) is 0 Å². The molecule has 0 aliphatic carbocycles. The van der Waals surface area contributed by atoms with Gasteiger partial charge in [-0.1, -0.05) is 19.1 Å². The van der Waals surface area contributed by atoms with Crippen LogP contribution < -0.4 is 10.1 Å². The highest BCUT2D eigenvalue weighted by molar-refractivity contribution is 5.57. The number of hydrogen-bond donors (Lipinski definition) is 2. The number of H-pyrrole nitrogens is 1. The van der Waals surface area contributed by atoms with Crippen molar-refractivity contribution < 1.29 is 4.74 Å². The minimum atomic E-state index is -0.0427. The van der Waals surface area contributed by atoms with E-state index in [4.69, 9.17) is 4.74 Å². The predicted octanol–water partition coefficient (Wildman–Crippen LogP) is 2.83. The number of aryl methyl sites for hydroxylation is 2. The number of hydrogen-bond acceptors (Lipinski definition) is 3. The van der Waals surface area contributed by atoms with Crippen molar-refractivity contribution in [2.24, 2.45) is 0 Å². The number of para-hydroxylation sites is 2. The Kier molecular flexibility index (Phi) is 2.70. The Bertz CT molecular complexity index is 562. The fraction of sp³-hybridized carbons (Fsp3) is 0.357. The van der Waals surface area contributed by atoms with Crippen LogP contribution in [0.15, 0.2) is 24.3 Å². The summed E-state index contributed by atoms with van der Waals surface area (Å²) in [5, 5.41) is 3.37. The zero-order chi connectivity index (χ0) is 12.5. The summed E-state index contributed by atoms with van der Waals surface area (Å²) < 4.78 is 5.97. The van der Waals surface area contributed by atoms with Crippen molar-refractivity contribution in [3.8, 4) is 5.75 Å². The molecule has 0 saturated carbocycles. The van der Waals surface area contributed by atoms with E-state index in [1.807, 2.05) is 24.3 Å². The topological polar surface area (TPSA) is 49.9 Å². The van der Waals surface area contributed by atoms with Gasteiger partial charge in [-0.2, -0.15) is 0 Å². The lowest BCUT2D eigenvalue weighted by atomic mass is 10.2. The molecule has 3 rings (SSSR count). The van der Waals surface area contributed by atoms with Gasteiger partial charge in [-0.05, 0) is 25.5 Å². The van der Waals surface area contributed by atoms with Gasteiger partial charge in [0.2, 0.25) is 0 Å². The van der Waals surface area contributed by atoms with Crippen molar-refractivity contribution in [1.82, 2.24) is 9.97 Å². The minimum absolute atomic E-state index is 0.0427. The van der Waals surface area contributed by atoms with Gasteiger partial charge in [0.05, 0.1) is 17.9 Å². The smallest absolute Gasteiger partial charge is 0.173 e. The molecule has 4 nitrogen and oxygen atoms in total. The largest absolute Gasteiger partial charge is 0.478 e. The van der Waals surface area contributed by atoms with Crippen LogP contribution in [0.2, 0.25) is 0 Å². The van der Waals surface area contributed by atoms with Crippen molar-refractivity contribution in [3.05, 3.63) is 41.5 Å². The van der Waals surface area contributed by atoms with E-state index >= 15 is 0 Å². The average molecular weight is 243 g/mol. The molecule has 0 radical (unpaired) electrons. The molecule has 0 spiro atoms. The first-order chi connectivity index (χ1) is 8.78. The first kappa shape index (κ1) is 11.1. The normalized spacial score (nSPS) is 17.8. The van der Waals surface area contributed by atoms with E-state index in [2.05, 4.69) is 29.1 Å². The van der Waals surface area contributed by atoms with Gasteiger partial charge in [0.25, 0.3) is 0 Å². The molecular weight excluding hydrogens is 226 g/mol. The van der Waals surface area contributed by atoms with Crippen molar-refractivity contribution in [1.29, 1.82) is 0 Å². The van der Waals surface area contributed by atoms with Crippen LogP contribution in [-0.4, -0.2) is 16.5 Å². The Morgan fingerprint density at radius 2 is 2.22 bits per heavy atom. The first-order valence-corrected chi connectivity index (χ1v) is 6.33. The molecule has 18 heavy (non-hydrogen) atoms. The van der Waals surface area contributed by atoms with Crippen LogP contribution in [0, 0.1) is 6.92 Å². The summed E-state index contributed by atoms with van der Waals surface area (Å²) in [5.41, 5.74) is 3.30. The molecule has 4 heteroatoms. The number of nitrogens with one attached hydrogen (secondary N) is 2. The third-order valence-electron chi connectivity index (χ3n) is 3.28. The zero-order valence-corrected chi connectivity index (χ0v) is 10.7. The van der Waals surface area contributed by atoms with E-state index in [-0.39, 0.29) is 6.10 Å².